The summed E-state index contributed by atoms with van der Waals surface area (Å²) in [6, 6.07) is 11.3. The third kappa shape index (κ3) is 3.54. The van der Waals surface area contributed by atoms with Gasteiger partial charge in [0.2, 0.25) is 0 Å². The van der Waals surface area contributed by atoms with E-state index in [2.05, 4.69) is 70.3 Å². The monoisotopic (exact) mass is 375 g/mol. The molecule has 5 nitrogen and oxygen atoms in total. The highest BCUT2D eigenvalue weighted by Crippen LogP contribution is 2.30. The predicted molar refractivity (Wildman–Crippen MR) is 116 cm³/mol. The van der Waals surface area contributed by atoms with Gasteiger partial charge in [-0.25, -0.2) is 9.97 Å². The Bertz CT molecular complexity index is 1090. The van der Waals surface area contributed by atoms with Crippen molar-refractivity contribution in [3.8, 4) is 11.3 Å². The van der Waals surface area contributed by atoms with Gasteiger partial charge < -0.3 is 15.3 Å². The maximum absolute atomic E-state index is 4.61. The molecular weight excluding hydrogens is 346 g/mol. The summed E-state index contributed by atoms with van der Waals surface area (Å²) in [5.41, 5.74) is 6.35. The molecule has 0 saturated carbocycles. The van der Waals surface area contributed by atoms with Gasteiger partial charge >= 0.3 is 0 Å². The molecule has 28 heavy (non-hydrogen) atoms. The van der Waals surface area contributed by atoms with Crippen molar-refractivity contribution in [2.75, 3.05) is 6.54 Å². The Morgan fingerprint density at radius 1 is 1.07 bits per heavy atom. The number of hydrogen-bond donors (Lipinski definition) is 3. The molecule has 0 amide bonds. The Labute approximate surface area is 166 Å². The van der Waals surface area contributed by atoms with Gasteiger partial charge in [-0.15, -0.1) is 0 Å². The molecule has 4 rings (SSSR count). The molecule has 3 aromatic heterocycles. The number of imidazole rings is 1. The molecule has 0 bridgehead atoms. The largest absolute Gasteiger partial charge is 0.354 e. The minimum Gasteiger partial charge on any atom is -0.354 e. The number of benzene rings is 1. The number of fused-ring (bicyclic) bond motifs is 2. The standard InChI is InChI=1S/C23H29N5/c1-5-16(6-2)13-25-14(3)17-7-8-20-18(11-17)12-21(28-20)19-9-10-24-23-22(19)26-15(4)27-23/h7-12,14,16,25,28H,5-6,13H2,1-4H3,(H,24,26,27)/t14-/m1/s1. The average Bonchev–Trinajstić information content (AvgIpc) is 3.29. The molecule has 5 heteroatoms. The van der Waals surface area contributed by atoms with Crippen molar-refractivity contribution in [1.29, 1.82) is 0 Å². The molecule has 1 aromatic carbocycles. The third-order valence-corrected chi connectivity index (χ3v) is 5.81. The van der Waals surface area contributed by atoms with Gasteiger partial charge in [-0.3, -0.25) is 0 Å². The van der Waals surface area contributed by atoms with E-state index in [0.717, 1.165) is 46.2 Å². The first-order chi connectivity index (χ1) is 13.6. The van der Waals surface area contributed by atoms with E-state index in [1.165, 1.54) is 23.8 Å². The Morgan fingerprint density at radius 3 is 2.68 bits per heavy atom. The summed E-state index contributed by atoms with van der Waals surface area (Å²) in [6.07, 6.45) is 4.28. The lowest BCUT2D eigenvalue weighted by Crippen LogP contribution is -2.25. The Kier molecular flexibility index (Phi) is 5.18. The molecule has 0 aliphatic rings. The van der Waals surface area contributed by atoms with Crippen LogP contribution in [0.5, 0.6) is 0 Å². The first-order valence-corrected chi connectivity index (χ1v) is 10.3. The van der Waals surface area contributed by atoms with Crippen molar-refractivity contribution in [2.24, 2.45) is 5.92 Å². The predicted octanol–water partition coefficient (Wildman–Crippen LogP) is 5.50. The van der Waals surface area contributed by atoms with E-state index < -0.39 is 0 Å². The van der Waals surface area contributed by atoms with Gasteiger partial charge in [0.1, 0.15) is 11.3 Å². The van der Waals surface area contributed by atoms with Crippen molar-refractivity contribution >= 4 is 22.1 Å². The van der Waals surface area contributed by atoms with Crippen molar-refractivity contribution in [1.82, 2.24) is 25.3 Å². The van der Waals surface area contributed by atoms with E-state index in [-0.39, 0.29) is 0 Å². The smallest absolute Gasteiger partial charge is 0.158 e. The topological polar surface area (TPSA) is 69.4 Å². The van der Waals surface area contributed by atoms with Crippen LogP contribution in [0, 0.1) is 12.8 Å². The van der Waals surface area contributed by atoms with Crippen LogP contribution in [0.4, 0.5) is 0 Å². The number of rotatable bonds is 7. The normalized spacial score (nSPS) is 13.0. The average molecular weight is 376 g/mol. The molecule has 3 N–H and O–H groups in total. The van der Waals surface area contributed by atoms with E-state index in [9.17, 15) is 0 Å². The maximum Gasteiger partial charge on any atom is 0.158 e. The summed E-state index contributed by atoms with van der Waals surface area (Å²) >= 11 is 0. The van der Waals surface area contributed by atoms with Gasteiger partial charge in [0.05, 0.1) is 0 Å². The third-order valence-electron chi connectivity index (χ3n) is 5.81. The van der Waals surface area contributed by atoms with Crippen LogP contribution in [-0.2, 0) is 0 Å². The minimum atomic E-state index is 0.338. The number of hydrogen-bond acceptors (Lipinski definition) is 3. The van der Waals surface area contributed by atoms with Gasteiger partial charge in [-0.2, -0.15) is 0 Å². The van der Waals surface area contributed by atoms with Crippen LogP contribution in [-0.4, -0.2) is 26.5 Å². The second kappa shape index (κ2) is 7.76. The number of nitrogens with one attached hydrogen (secondary N) is 3. The van der Waals surface area contributed by atoms with Gasteiger partial charge in [0.15, 0.2) is 5.65 Å². The zero-order valence-electron chi connectivity index (χ0n) is 17.1. The van der Waals surface area contributed by atoms with E-state index >= 15 is 0 Å². The van der Waals surface area contributed by atoms with Crippen LogP contribution in [0.2, 0.25) is 0 Å². The highest BCUT2D eigenvalue weighted by Gasteiger charge is 2.13. The summed E-state index contributed by atoms with van der Waals surface area (Å²) in [5.74, 6) is 1.63. The van der Waals surface area contributed by atoms with Crippen molar-refractivity contribution in [2.45, 2.75) is 46.6 Å². The van der Waals surface area contributed by atoms with Crippen molar-refractivity contribution < 1.29 is 0 Å². The molecule has 4 aromatic rings. The molecule has 0 fully saturated rings. The molecule has 0 aliphatic carbocycles. The lowest BCUT2D eigenvalue weighted by atomic mass is 10.0. The number of pyridine rings is 1. The van der Waals surface area contributed by atoms with Crippen molar-refractivity contribution in [3.63, 3.8) is 0 Å². The number of H-pyrrole nitrogens is 2. The first kappa shape index (κ1) is 18.7. The highest BCUT2D eigenvalue weighted by molar-refractivity contribution is 5.94. The van der Waals surface area contributed by atoms with Gasteiger partial charge in [-0.1, -0.05) is 32.8 Å². The molecule has 146 valence electrons. The molecule has 0 saturated heterocycles. The summed E-state index contributed by atoms with van der Waals surface area (Å²) in [4.78, 5) is 15.8. The van der Waals surface area contributed by atoms with Gasteiger partial charge in [0, 0.05) is 34.4 Å². The zero-order chi connectivity index (χ0) is 19.7. The first-order valence-electron chi connectivity index (χ1n) is 10.3. The van der Waals surface area contributed by atoms with Crippen LogP contribution in [0.3, 0.4) is 0 Å². The molecular formula is C23H29N5. The van der Waals surface area contributed by atoms with Crippen LogP contribution in [0.25, 0.3) is 33.3 Å². The van der Waals surface area contributed by atoms with E-state index in [0.29, 0.717) is 6.04 Å². The quantitative estimate of drug-likeness (QED) is 0.399. The van der Waals surface area contributed by atoms with Crippen LogP contribution in [0.15, 0.2) is 36.5 Å². The fraction of sp³-hybridized carbons (Fsp3) is 0.391. The van der Waals surface area contributed by atoms with E-state index in [1.54, 1.807) is 0 Å². The van der Waals surface area contributed by atoms with E-state index in [1.807, 2.05) is 19.2 Å². The molecule has 0 radical (unpaired) electrons. The second-order valence-corrected chi connectivity index (χ2v) is 7.72. The molecule has 1 atom stereocenters. The zero-order valence-corrected chi connectivity index (χ0v) is 17.1. The summed E-state index contributed by atoms with van der Waals surface area (Å²) in [7, 11) is 0. The molecule has 0 aliphatic heterocycles. The maximum atomic E-state index is 4.61. The number of aromatic amines is 2. The molecule has 0 spiro atoms. The van der Waals surface area contributed by atoms with Crippen LogP contribution >= 0.6 is 0 Å². The number of aromatic nitrogens is 4. The molecule has 3 heterocycles. The summed E-state index contributed by atoms with van der Waals surface area (Å²) in [5, 5.41) is 4.92. The highest BCUT2D eigenvalue weighted by atomic mass is 15.0. The molecule has 0 unspecified atom stereocenters. The summed E-state index contributed by atoms with van der Waals surface area (Å²) in [6.45, 7) is 9.81. The lowest BCUT2D eigenvalue weighted by molar-refractivity contribution is 0.422. The Balaban J connectivity index is 1.63. The summed E-state index contributed by atoms with van der Waals surface area (Å²) < 4.78 is 0. The second-order valence-electron chi connectivity index (χ2n) is 7.72. The fourth-order valence-electron chi connectivity index (χ4n) is 3.85. The van der Waals surface area contributed by atoms with Gasteiger partial charge in [-0.05, 0) is 56.1 Å². The minimum absolute atomic E-state index is 0.338. The van der Waals surface area contributed by atoms with Crippen LogP contribution in [0.1, 0.15) is 51.0 Å². The lowest BCUT2D eigenvalue weighted by Gasteiger charge is -2.19. The fourth-order valence-corrected chi connectivity index (χ4v) is 3.85. The Hall–Kier alpha value is -2.66. The van der Waals surface area contributed by atoms with Crippen LogP contribution < -0.4 is 5.32 Å². The number of aryl methyl sites for hydroxylation is 1. The SMILES string of the molecule is CCC(CC)CN[C@H](C)c1ccc2[nH]c(-c3ccnc4[nH]c(C)nc34)cc2c1. The number of nitrogens with zero attached hydrogens (tertiary/aromatic N) is 2. The Morgan fingerprint density at radius 2 is 1.89 bits per heavy atom. The van der Waals surface area contributed by atoms with Gasteiger partial charge in [0.25, 0.3) is 0 Å². The van der Waals surface area contributed by atoms with E-state index in [4.69, 9.17) is 0 Å². The van der Waals surface area contributed by atoms with Crippen molar-refractivity contribution in [3.05, 3.63) is 47.9 Å².